The van der Waals surface area contributed by atoms with Crippen LogP contribution in [0.25, 0.3) is 10.2 Å². The minimum absolute atomic E-state index is 0.00384. The van der Waals surface area contributed by atoms with Crippen LogP contribution in [0.3, 0.4) is 0 Å². The van der Waals surface area contributed by atoms with Gasteiger partial charge in [-0.25, -0.2) is 9.37 Å². The Labute approximate surface area is 86.6 Å². The summed E-state index contributed by atoms with van der Waals surface area (Å²) in [6, 6.07) is 5.03. The van der Waals surface area contributed by atoms with E-state index in [0.717, 1.165) is 10.5 Å². The van der Waals surface area contributed by atoms with Crippen molar-refractivity contribution < 1.29 is 4.39 Å². The van der Waals surface area contributed by atoms with Gasteiger partial charge in [0.25, 0.3) is 0 Å². The summed E-state index contributed by atoms with van der Waals surface area (Å²) in [6.45, 7) is 6.26. The maximum absolute atomic E-state index is 13.4. The number of hydrogen-bond acceptors (Lipinski definition) is 2. The van der Waals surface area contributed by atoms with Gasteiger partial charge in [-0.1, -0.05) is 26.8 Å². The second kappa shape index (κ2) is 3.02. The second-order valence-corrected chi connectivity index (χ2v) is 5.36. The van der Waals surface area contributed by atoms with Crippen LogP contribution in [0.5, 0.6) is 0 Å². The zero-order valence-electron chi connectivity index (χ0n) is 8.47. The van der Waals surface area contributed by atoms with E-state index >= 15 is 0 Å². The highest BCUT2D eigenvalue weighted by Gasteiger charge is 2.19. The summed E-state index contributed by atoms with van der Waals surface area (Å²) in [5.74, 6) is -0.171. The predicted molar refractivity (Wildman–Crippen MR) is 58.3 cm³/mol. The molecule has 1 aromatic carbocycles. The van der Waals surface area contributed by atoms with E-state index in [1.807, 2.05) is 6.07 Å². The van der Waals surface area contributed by atoms with E-state index in [-0.39, 0.29) is 11.2 Å². The molecule has 0 spiro atoms. The SMILES string of the molecule is CC(C)(C)c1nc2cccc(F)c2s1. The van der Waals surface area contributed by atoms with Crippen LogP contribution in [-0.4, -0.2) is 4.98 Å². The van der Waals surface area contributed by atoms with Crippen LogP contribution in [0.2, 0.25) is 0 Å². The Morgan fingerprint density at radius 2 is 2.00 bits per heavy atom. The van der Waals surface area contributed by atoms with E-state index in [1.54, 1.807) is 6.07 Å². The lowest BCUT2D eigenvalue weighted by molar-refractivity contribution is 0.587. The van der Waals surface area contributed by atoms with E-state index in [4.69, 9.17) is 0 Å². The molecular formula is C11H12FNS. The van der Waals surface area contributed by atoms with Gasteiger partial charge < -0.3 is 0 Å². The standard InChI is InChI=1S/C11H12FNS/c1-11(2,3)10-13-8-6-4-5-7(12)9(8)14-10/h4-6H,1-3H3. The number of aromatic nitrogens is 1. The first kappa shape index (κ1) is 9.59. The Kier molecular flexibility index (Phi) is 2.07. The summed E-state index contributed by atoms with van der Waals surface area (Å²) in [5, 5.41) is 0.984. The van der Waals surface area contributed by atoms with Crippen molar-refractivity contribution in [3.8, 4) is 0 Å². The van der Waals surface area contributed by atoms with Gasteiger partial charge >= 0.3 is 0 Å². The van der Waals surface area contributed by atoms with Gasteiger partial charge in [0.05, 0.1) is 15.2 Å². The molecule has 2 rings (SSSR count). The highest BCUT2D eigenvalue weighted by molar-refractivity contribution is 7.18. The molecule has 74 valence electrons. The van der Waals surface area contributed by atoms with Gasteiger partial charge in [-0.2, -0.15) is 0 Å². The summed E-state index contributed by atoms with van der Waals surface area (Å²) in [4.78, 5) is 4.42. The molecule has 1 heterocycles. The van der Waals surface area contributed by atoms with Crippen LogP contribution >= 0.6 is 11.3 Å². The third-order valence-electron chi connectivity index (χ3n) is 2.01. The van der Waals surface area contributed by atoms with E-state index in [2.05, 4.69) is 25.8 Å². The molecule has 3 heteroatoms. The van der Waals surface area contributed by atoms with Crippen LogP contribution in [0.1, 0.15) is 25.8 Å². The van der Waals surface area contributed by atoms with Crippen LogP contribution < -0.4 is 0 Å². The normalized spacial score (nSPS) is 12.3. The van der Waals surface area contributed by atoms with Gasteiger partial charge in [-0.05, 0) is 12.1 Å². The Morgan fingerprint density at radius 3 is 2.57 bits per heavy atom. The Balaban J connectivity index is 2.69. The first-order valence-corrected chi connectivity index (χ1v) is 5.35. The zero-order valence-corrected chi connectivity index (χ0v) is 9.28. The molecule has 0 amide bonds. The minimum atomic E-state index is -0.171. The number of nitrogens with zero attached hydrogens (tertiary/aromatic N) is 1. The van der Waals surface area contributed by atoms with Gasteiger partial charge in [0.15, 0.2) is 0 Å². The highest BCUT2D eigenvalue weighted by Crippen LogP contribution is 2.32. The van der Waals surface area contributed by atoms with Crippen LogP contribution in [-0.2, 0) is 5.41 Å². The molecule has 0 saturated carbocycles. The number of halogens is 1. The Bertz CT molecular complexity index is 468. The van der Waals surface area contributed by atoms with Crippen LogP contribution in [0.4, 0.5) is 4.39 Å². The van der Waals surface area contributed by atoms with Crippen molar-refractivity contribution in [2.24, 2.45) is 0 Å². The molecular weight excluding hydrogens is 197 g/mol. The van der Waals surface area contributed by atoms with Gasteiger partial charge in [-0.3, -0.25) is 0 Å². The maximum Gasteiger partial charge on any atom is 0.142 e. The summed E-state index contributed by atoms with van der Waals surface area (Å²) in [6.07, 6.45) is 0. The van der Waals surface area contributed by atoms with Crippen molar-refractivity contribution in [2.45, 2.75) is 26.2 Å². The van der Waals surface area contributed by atoms with Crippen molar-refractivity contribution in [1.29, 1.82) is 0 Å². The van der Waals surface area contributed by atoms with Gasteiger partial charge in [0.1, 0.15) is 5.82 Å². The molecule has 0 aliphatic heterocycles. The molecule has 2 aromatic rings. The van der Waals surface area contributed by atoms with E-state index < -0.39 is 0 Å². The molecule has 14 heavy (non-hydrogen) atoms. The molecule has 0 bridgehead atoms. The number of rotatable bonds is 0. The fourth-order valence-corrected chi connectivity index (χ4v) is 2.26. The third-order valence-corrected chi connectivity index (χ3v) is 3.51. The molecule has 0 fully saturated rings. The lowest BCUT2D eigenvalue weighted by Gasteiger charge is -2.13. The predicted octanol–water partition coefficient (Wildman–Crippen LogP) is 3.73. The zero-order chi connectivity index (χ0) is 10.3. The molecule has 1 nitrogen and oxygen atoms in total. The number of hydrogen-bond donors (Lipinski definition) is 0. The smallest absolute Gasteiger partial charge is 0.142 e. The largest absolute Gasteiger partial charge is 0.241 e. The van der Waals surface area contributed by atoms with Crippen molar-refractivity contribution >= 4 is 21.6 Å². The highest BCUT2D eigenvalue weighted by atomic mass is 32.1. The van der Waals surface area contributed by atoms with Crippen molar-refractivity contribution in [2.75, 3.05) is 0 Å². The first-order chi connectivity index (χ1) is 6.48. The van der Waals surface area contributed by atoms with E-state index in [0.29, 0.717) is 4.70 Å². The lowest BCUT2D eigenvalue weighted by atomic mass is 9.98. The molecule has 0 N–H and O–H groups in total. The minimum Gasteiger partial charge on any atom is -0.241 e. The third kappa shape index (κ3) is 1.52. The van der Waals surface area contributed by atoms with Crippen molar-refractivity contribution in [1.82, 2.24) is 4.98 Å². The van der Waals surface area contributed by atoms with Gasteiger partial charge in [-0.15, -0.1) is 11.3 Å². The summed E-state index contributed by atoms with van der Waals surface area (Å²) >= 11 is 1.44. The molecule has 0 aliphatic rings. The quantitative estimate of drug-likeness (QED) is 0.644. The average Bonchev–Trinajstić information content (AvgIpc) is 2.48. The first-order valence-electron chi connectivity index (χ1n) is 4.54. The van der Waals surface area contributed by atoms with Gasteiger partial charge in [0.2, 0.25) is 0 Å². The molecule has 1 aromatic heterocycles. The number of fused-ring (bicyclic) bond motifs is 1. The van der Waals surface area contributed by atoms with Gasteiger partial charge in [0, 0.05) is 5.41 Å². The monoisotopic (exact) mass is 209 g/mol. The summed E-state index contributed by atoms with van der Waals surface area (Å²) < 4.78 is 14.0. The van der Waals surface area contributed by atoms with Crippen molar-refractivity contribution in [3.63, 3.8) is 0 Å². The van der Waals surface area contributed by atoms with Crippen LogP contribution in [0, 0.1) is 5.82 Å². The fourth-order valence-electron chi connectivity index (χ4n) is 1.24. The Hall–Kier alpha value is -0.960. The fraction of sp³-hybridized carbons (Fsp3) is 0.364. The van der Waals surface area contributed by atoms with Crippen molar-refractivity contribution in [3.05, 3.63) is 29.0 Å². The second-order valence-electron chi connectivity index (χ2n) is 4.36. The average molecular weight is 209 g/mol. The maximum atomic E-state index is 13.4. The van der Waals surface area contributed by atoms with E-state index in [1.165, 1.54) is 17.4 Å². The topological polar surface area (TPSA) is 12.9 Å². The van der Waals surface area contributed by atoms with E-state index in [9.17, 15) is 4.39 Å². The Morgan fingerprint density at radius 1 is 1.29 bits per heavy atom. The summed E-state index contributed by atoms with van der Waals surface area (Å²) in [7, 11) is 0. The molecule has 0 atom stereocenters. The lowest BCUT2D eigenvalue weighted by Crippen LogP contribution is -2.09. The molecule has 0 saturated heterocycles. The molecule has 0 radical (unpaired) electrons. The number of thiazole rings is 1. The molecule has 0 unspecified atom stereocenters. The van der Waals surface area contributed by atoms with Crippen LogP contribution in [0.15, 0.2) is 18.2 Å². The summed E-state index contributed by atoms with van der Waals surface area (Å²) in [5.41, 5.74) is 0.760. The molecule has 0 aliphatic carbocycles. The number of benzene rings is 1.